The number of sulfonamides is 1. The van der Waals surface area contributed by atoms with Crippen LogP contribution in [0.2, 0.25) is 5.02 Å². The third-order valence-corrected chi connectivity index (χ3v) is 6.46. The topological polar surface area (TPSA) is 75.7 Å². The molecule has 1 amide bonds. The van der Waals surface area contributed by atoms with Gasteiger partial charge >= 0.3 is 0 Å². The molecule has 1 atom stereocenters. The molecule has 2 aliphatic heterocycles. The van der Waals surface area contributed by atoms with Crippen molar-refractivity contribution in [1.82, 2.24) is 9.62 Å². The van der Waals surface area contributed by atoms with Crippen LogP contribution in [0.25, 0.3) is 0 Å². The number of amides is 1. The zero-order chi connectivity index (χ0) is 17.2. The summed E-state index contributed by atoms with van der Waals surface area (Å²) in [5, 5.41) is 0.483. The van der Waals surface area contributed by atoms with Crippen LogP contribution in [0.15, 0.2) is 29.2 Å². The molecule has 1 N–H and O–H groups in total. The lowest BCUT2D eigenvalue weighted by Gasteiger charge is -2.39. The minimum atomic E-state index is -3.59. The average Bonchev–Trinajstić information content (AvgIpc) is 2.99. The number of benzene rings is 1. The van der Waals surface area contributed by atoms with Gasteiger partial charge in [-0.25, -0.2) is 13.1 Å². The van der Waals surface area contributed by atoms with Gasteiger partial charge in [0.15, 0.2) is 0 Å². The van der Waals surface area contributed by atoms with Crippen LogP contribution in [-0.2, 0) is 19.6 Å². The van der Waals surface area contributed by atoms with E-state index in [4.69, 9.17) is 16.3 Å². The van der Waals surface area contributed by atoms with Gasteiger partial charge in [-0.3, -0.25) is 4.79 Å². The molecule has 24 heavy (non-hydrogen) atoms. The zero-order valence-corrected chi connectivity index (χ0v) is 14.9. The number of carbonyl (C=O) groups excluding carboxylic acids is 1. The molecule has 0 aromatic heterocycles. The maximum atomic E-state index is 12.2. The monoisotopic (exact) mass is 372 g/mol. The SMILES string of the molecule is O=C1CC[C@@]2(CCOC2)CN1CCNS(=O)(=O)c1ccc(Cl)cc1. The summed E-state index contributed by atoms with van der Waals surface area (Å²) in [4.78, 5) is 14.0. The van der Waals surface area contributed by atoms with E-state index in [-0.39, 0.29) is 22.8 Å². The van der Waals surface area contributed by atoms with Crippen molar-refractivity contribution in [2.24, 2.45) is 5.41 Å². The standard InChI is InChI=1S/C16H21ClN2O4S/c17-13-1-3-14(4-2-13)24(21,22)18-8-9-19-11-16(6-5-15(19)20)7-10-23-12-16/h1-4,18H,5-12H2/t16-/m1/s1. The van der Waals surface area contributed by atoms with E-state index in [0.717, 1.165) is 19.4 Å². The molecular formula is C16H21ClN2O4S. The van der Waals surface area contributed by atoms with Crippen molar-refractivity contribution < 1.29 is 17.9 Å². The van der Waals surface area contributed by atoms with Crippen LogP contribution in [0, 0.1) is 5.41 Å². The van der Waals surface area contributed by atoms with Crippen LogP contribution in [0.1, 0.15) is 19.3 Å². The highest BCUT2D eigenvalue weighted by atomic mass is 35.5. The van der Waals surface area contributed by atoms with E-state index in [1.54, 1.807) is 4.90 Å². The first kappa shape index (κ1) is 17.7. The van der Waals surface area contributed by atoms with Crippen LogP contribution in [-0.4, -0.2) is 52.1 Å². The molecule has 1 aromatic carbocycles. The van der Waals surface area contributed by atoms with Gasteiger partial charge in [0.2, 0.25) is 15.9 Å². The van der Waals surface area contributed by atoms with E-state index in [9.17, 15) is 13.2 Å². The van der Waals surface area contributed by atoms with Gasteiger partial charge < -0.3 is 9.64 Å². The van der Waals surface area contributed by atoms with Crippen molar-refractivity contribution >= 4 is 27.5 Å². The lowest BCUT2D eigenvalue weighted by atomic mass is 9.79. The van der Waals surface area contributed by atoms with Crippen molar-refractivity contribution in [2.45, 2.75) is 24.2 Å². The largest absolute Gasteiger partial charge is 0.381 e. The summed E-state index contributed by atoms with van der Waals surface area (Å²) in [6.45, 7) is 2.63. The number of likely N-dealkylation sites (tertiary alicyclic amines) is 1. The molecule has 3 rings (SSSR count). The maximum absolute atomic E-state index is 12.2. The van der Waals surface area contributed by atoms with E-state index >= 15 is 0 Å². The molecule has 2 saturated heterocycles. The Morgan fingerprint density at radius 2 is 2.00 bits per heavy atom. The van der Waals surface area contributed by atoms with Crippen LogP contribution in [0.4, 0.5) is 0 Å². The number of piperidine rings is 1. The van der Waals surface area contributed by atoms with Gasteiger partial charge in [0, 0.05) is 43.1 Å². The smallest absolute Gasteiger partial charge is 0.240 e. The molecule has 6 nitrogen and oxygen atoms in total. The number of hydrogen-bond donors (Lipinski definition) is 1. The summed E-state index contributed by atoms with van der Waals surface area (Å²) in [7, 11) is -3.59. The Hall–Kier alpha value is -1.15. The third kappa shape index (κ3) is 3.91. The molecule has 8 heteroatoms. The van der Waals surface area contributed by atoms with Gasteiger partial charge in [-0.15, -0.1) is 0 Å². The number of hydrogen-bond acceptors (Lipinski definition) is 4. The molecule has 0 aliphatic carbocycles. The van der Waals surface area contributed by atoms with E-state index in [1.807, 2.05) is 0 Å². The van der Waals surface area contributed by atoms with Gasteiger partial charge in [-0.1, -0.05) is 11.6 Å². The van der Waals surface area contributed by atoms with Crippen LogP contribution in [0.3, 0.4) is 0 Å². The molecule has 0 saturated carbocycles. The van der Waals surface area contributed by atoms with Crippen molar-refractivity contribution in [3.05, 3.63) is 29.3 Å². The van der Waals surface area contributed by atoms with E-state index < -0.39 is 10.0 Å². The summed E-state index contributed by atoms with van der Waals surface area (Å²) in [6, 6.07) is 5.99. The van der Waals surface area contributed by atoms with Crippen molar-refractivity contribution in [3.63, 3.8) is 0 Å². The molecule has 2 heterocycles. The molecular weight excluding hydrogens is 352 g/mol. The fourth-order valence-electron chi connectivity index (χ4n) is 3.29. The minimum Gasteiger partial charge on any atom is -0.381 e. The van der Waals surface area contributed by atoms with Crippen LogP contribution < -0.4 is 4.72 Å². The third-order valence-electron chi connectivity index (χ3n) is 4.73. The van der Waals surface area contributed by atoms with E-state index in [0.29, 0.717) is 31.1 Å². The Morgan fingerprint density at radius 3 is 2.67 bits per heavy atom. The second kappa shape index (κ2) is 7.00. The van der Waals surface area contributed by atoms with Gasteiger partial charge in [0.1, 0.15) is 0 Å². The van der Waals surface area contributed by atoms with E-state index in [1.165, 1.54) is 24.3 Å². The summed E-state index contributed by atoms with van der Waals surface area (Å²) in [6.07, 6.45) is 2.33. The van der Waals surface area contributed by atoms with Crippen molar-refractivity contribution in [1.29, 1.82) is 0 Å². The van der Waals surface area contributed by atoms with Gasteiger partial charge in [0.25, 0.3) is 0 Å². The fraction of sp³-hybridized carbons (Fsp3) is 0.562. The first-order valence-corrected chi connectivity index (χ1v) is 9.87. The Kier molecular flexibility index (Phi) is 5.15. The van der Waals surface area contributed by atoms with Gasteiger partial charge in [-0.2, -0.15) is 0 Å². The van der Waals surface area contributed by atoms with Gasteiger partial charge in [0.05, 0.1) is 11.5 Å². The minimum absolute atomic E-state index is 0.0585. The molecule has 0 radical (unpaired) electrons. The molecule has 132 valence electrons. The number of nitrogens with zero attached hydrogens (tertiary/aromatic N) is 1. The van der Waals surface area contributed by atoms with Gasteiger partial charge in [-0.05, 0) is 37.1 Å². The Labute approximate surface area is 147 Å². The number of halogens is 1. The van der Waals surface area contributed by atoms with Crippen molar-refractivity contribution in [2.75, 3.05) is 32.8 Å². The van der Waals surface area contributed by atoms with E-state index in [2.05, 4.69) is 4.72 Å². The highest BCUT2D eigenvalue weighted by Crippen LogP contribution is 2.37. The lowest BCUT2D eigenvalue weighted by molar-refractivity contribution is -0.137. The first-order chi connectivity index (χ1) is 11.4. The maximum Gasteiger partial charge on any atom is 0.240 e. The highest BCUT2D eigenvalue weighted by Gasteiger charge is 2.41. The Balaban J connectivity index is 1.57. The molecule has 1 aromatic rings. The Bertz CT molecular complexity index is 699. The molecule has 0 bridgehead atoms. The zero-order valence-electron chi connectivity index (χ0n) is 13.3. The summed E-state index contributed by atoms with van der Waals surface area (Å²) < 4.78 is 32.5. The normalized spacial score (nSPS) is 24.7. The number of rotatable bonds is 5. The summed E-state index contributed by atoms with van der Waals surface area (Å²) in [5.41, 5.74) is 0.0585. The predicted molar refractivity (Wildman–Crippen MR) is 90.3 cm³/mol. The first-order valence-electron chi connectivity index (χ1n) is 8.01. The molecule has 2 fully saturated rings. The summed E-state index contributed by atoms with van der Waals surface area (Å²) in [5.74, 6) is 0.0817. The van der Waals surface area contributed by atoms with Crippen LogP contribution in [0.5, 0.6) is 0 Å². The number of nitrogens with one attached hydrogen (secondary N) is 1. The molecule has 1 spiro atoms. The lowest BCUT2D eigenvalue weighted by Crippen LogP contribution is -2.49. The number of ether oxygens (including phenoxy) is 1. The van der Waals surface area contributed by atoms with Crippen LogP contribution >= 0.6 is 11.6 Å². The van der Waals surface area contributed by atoms with Crippen molar-refractivity contribution in [3.8, 4) is 0 Å². The second-order valence-electron chi connectivity index (χ2n) is 6.47. The highest BCUT2D eigenvalue weighted by molar-refractivity contribution is 7.89. The second-order valence-corrected chi connectivity index (χ2v) is 8.67. The summed E-state index contributed by atoms with van der Waals surface area (Å²) >= 11 is 5.77. The molecule has 2 aliphatic rings. The average molecular weight is 373 g/mol. The number of carbonyl (C=O) groups is 1. The molecule has 0 unspecified atom stereocenters. The quantitative estimate of drug-likeness (QED) is 0.852. The Morgan fingerprint density at radius 1 is 1.25 bits per heavy atom. The predicted octanol–water partition coefficient (Wildman–Crippen LogP) is 1.65. The fourth-order valence-corrected chi connectivity index (χ4v) is 4.44.